The van der Waals surface area contributed by atoms with Gasteiger partial charge in [0.25, 0.3) is 0 Å². The third-order valence-corrected chi connectivity index (χ3v) is 8.12. The van der Waals surface area contributed by atoms with Gasteiger partial charge in [0.1, 0.15) is 5.82 Å². The highest BCUT2D eigenvalue weighted by Crippen LogP contribution is 2.22. The van der Waals surface area contributed by atoms with Gasteiger partial charge in [-0.15, -0.1) is 0 Å². The van der Waals surface area contributed by atoms with Crippen molar-refractivity contribution < 1.29 is 17.5 Å². The number of imidazole rings is 1. The highest BCUT2D eigenvalue weighted by Gasteiger charge is 2.28. The minimum Gasteiger partial charge on any atom is -0.376 e. The normalized spacial score (nSPS) is 15.7. The Balaban J connectivity index is 1.69. The van der Waals surface area contributed by atoms with Crippen LogP contribution in [0, 0.1) is 5.82 Å². The molecule has 198 valence electrons. The Kier molecular flexibility index (Phi) is 8.94. The maximum absolute atomic E-state index is 14.3. The fraction of sp³-hybridized carbons (Fsp3) is 0.407. The highest BCUT2D eigenvalue weighted by molar-refractivity contribution is 7.90. The molecule has 3 aromatic rings. The number of hydrogen-bond acceptors (Lipinski definition) is 5. The third-order valence-electron chi connectivity index (χ3n) is 6.17. The summed E-state index contributed by atoms with van der Waals surface area (Å²) in [5.74, 6) is -1.03. The largest absolute Gasteiger partial charge is 0.376 e. The molecule has 0 amide bonds. The maximum Gasteiger partial charge on any atom is 0.228 e. The molecule has 1 saturated heterocycles. The molecule has 4 rings (SSSR count). The van der Waals surface area contributed by atoms with Crippen molar-refractivity contribution in [2.24, 2.45) is 0 Å². The summed E-state index contributed by atoms with van der Waals surface area (Å²) in [4.78, 5) is 6.36. The Morgan fingerprint density at radius 2 is 1.95 bits per heavy atom. The van der Waals surface area contributed by atoms with Gasteiger partial charge < -0.3 is 19.5 Å². The molecule has 1 atom stereocenters. The van der Waals surface area contributed by atoms with Crippen LogP contribution in [0.4, 0.5) is 4.39 Å². The molecular weight excluding hydrogens is 511 g/mol. The van der Waals surface area contributed by atoms with Crippen LogP contribution in [0.1, 0.15) is 43.5 Å². The van der Waals surface area contributed by atoms with Crippen molar-refractivity contribution in [2.45, 2.75) is 62.8 Å². The Morgan fingerprint density at radius 3 is 2.62 bits per heavy atom. The number of sulfone groups is 1. The Bertz CT molecular complexity index is 1310. The number of aromatic nitrogens is 2. The van der Waals surface area contributed by atoms with Crippen LogP contribution in [0.3, 0.4) is 0 Å². The minimum absolute atomic E-state index is 0.0571. The molecule has 1 aromatic heterocycles. The van der Waals surface area contributed by atoms with Crippen molar-refractivity contribution >= 4 is 27.2 Å². The van der Waals surface area contributed by atoms with Crippen LogP contribution in [-0.4, -0.2) is 53.3 Å². The lowest BCUT2D eigenvalue weighted by atomic mass is 10.2. The van der Waals surface area contributed by atoms with E-state index in [0.717, 1.165) is 25.0 Å². The van der Waals surface area contributed by atoms with Crippen LogP contribution in [0.2, 0.25) is 0 Å². The van der Waals surface area contributed by atoms with Gasteiger partial charge in [-0.2, -0.15) is 0 Å². The predicted molar refractivity (Wildman–Crippen MR) is 145 cm³/mol. The van der Waals surface area contributed by atoms with Crippen LogP contribution in [0.15, 0.2) is 66.0 Å². The number of rotatable bonds is 10. The lowest BCUT2D eigenvalue weighted by Gasteiger charge is -2.29. The van der Waals surface area contributed by atoms with Gasteiger partial charge in [-0.3, -0.25) is 0 Å². The first-order valence-electron chi connectivity index (χ1n) is 12.4. The molecule has 1 fully saturated rings. The first-order valence-corrected chi connectivity index (χ1v) is 14.5. The fourth-order valence-corrected chi connectivity index (χ4v) is 6.25. The second kappa shape index (κ2) is 12.1. The Hall–Kier alpha value is -2.82. The zero-order valence-corrected chi connectivity index (χ0v) is 22.8. The van der Waals surface area contributed by atoms with Crippen molar-refractivity contribution in [2.75, 3.05) is 13.2 Å². The summed E-state index contributed by atoms with van der Waals surface area (Å²) < 4.78 is 48.9. The number of nitrogens with one attached hydrogen (secondary N) is 1. The second-order valence-electron chi connectivity index (χ2n) is 9.57. The third kappa shape index (κ3) is 7.15. The average Bonchev–Trinajstić information content (AvgIpc) is 3.51. The molecule has 0 saturated carbocycles. The molecule has 1 N–H and O–H groups in total. The van der Waals surface area contributed by atoms with E-state index in [-0.39, 0.29) is 22.9 Å². The number of hydrogen-bond donors (Lipinski definition) is 1. The number of thiocarbonyl (C=S) groups is 1. The van der Waals surface area contributed by atoms with Gasteiger partial charge in [0.05, 0.1) is 36.8 Å². The Labute approximate surface area is 223 Å². The van der Waals surface area contributed by atoms with Crippen molar-refractivity contribution in [1.82, 2.24) is 19.8 Å². The highest BCUT2D eigenvalue weighted by atomic mass is 32.2. The first kappa shape index (κ1) is 27.2. The van der Waals surface area contributed by atoms with Gasteiger partial charge >= 0.3 is 0 Å². The van der Waals surface area contributed by atoms with E-state index in [1.54, 1.807) is 16.8 Å². The topological polar surface area (TPSA) is 76.5 Å². The van der Waals surface area contributed by atoms with Gasteiger partial charge in [0, 0.05) is 24.8 Å². The van der Waals surface area contributed by atoms with Crippen molar-refractivity contribution in [3.8, 4) is 0 Å². The summed E-state index contributed by atoms with van der Waals surface area (Å²) in [5.41, 5.74) is 1.74. The summed E-state index contributed by atoms with van der Waals surface area (Å²) >= 11 is 5.71. The molecule has 37 heavy (non-hydrogen) atoms. The van der Waals surface area contributed by atoms with Crippen LogP contribution in [-0.2, 0) is 33.4 Å². The van der Waals surface area contributed by atoms with Crippen molar-refractivity contribution in [3.05, 3.63) is 83.4 Å². The summed E-state index contributed by atoms with van der Waals surface area (Å²) in [7, 11) is -3.94. The van der Waals surface area contributed by atoms with Crippen LogP contribution in [0.25, 0.3) is 0 Å². The zero-order valence-electron chi connectivity index (χ0n) is 21.1. The van der Waals surface area contributed by atoms with E-state index in [2.05, 4.69) is 10.3 Å². The van der Waals surface area contributed by atoms with Gasteiger partial charge in [-0.05, 0) is 50.5 Å². The van der Waals surface area contributed by atoms with Crippen LogP contribution >= 0.6 is 12.2 Å². The molecule has 2 heterocycles. The lowest BCUT2D eigenvalue weighted by Crippen LogP contribution is -2.45. The summed E-state index contributed by atoms with van der Waals surface area (Å²) in [6, 6.07) is 15.7. The zero-order chi connectivity index (χ0) is 26.4. The minimum atomic E-state index is -3.94. The summed E-state index contributed by atoms with van der Waals surface area (Å²) in [6.07, 6.45) is 3.60. The summed E-state index contributed by atoms with van der Waals surface area (Å²) in [6.45, 7) is 6.01. The quantitative estimate of drug-likeness (QED) is 0.381. The van der Waals surface area contributed by atoms with Gasteiger partial charge in [-0.25, -0.2) is 17.8 Å². The molecule has 0 aliphatic carbocycles. The number of nitrogens with zero attached hydrogens (tertiary/aromatic N) is 3. The molecule has 0 bridgehead atoms. The van der Waals surface area contributed by atoms with Crippen molar-refractivity contribution in [1.29, 1.82) is 0 Å². The van der Waals surface area contributed by atoms with E-state index in [0.29, 0.717) is 30.4 Å². The van der Waals surface area contributed by atoms with E-state index in [9.17, 15) is 12.8 Å². The van der Waals surface area contributed by atoms with E-state index < -0.39 is 21.4 Å². The molecule has 0 unspecified atom stereocenters. The summed E-state index contributed by atoms with van der Waals surface area (Å²) in [5, 5.41) is 3.78. The SMILES string of the molecule is CC(C)NC(=S)N(Cc1cnc(S(=O)(=O)Cc2ccccc2F)n1Cc1ccccc1)C[C@H]1CCCO1. The van der Waals surface area contributed by atoms with E-state index in [4.69, 9.17) is 17.0 Å². The smallest absolute Gasteiger partial charge is 0.228 e. The molecule has 2 aromatic carbocycles. The van der Waals surface area contributed by atoms with E-state index in [1.165, 1.54) is 18.2 Å². The predicted octanol–water partition coefficient (Wildman–Crippen LogP) is 4.31. The van der Waals surface area contributed by atoms with Gasteiger partial charge in [0.15, 0.2) is 5.11 Å². The van der Waals surface area contributed by atoms with E-state index in [1.807, 2.05) is 49.1 Å². The monoisotopic (exact) mass is 544 g/mol. The molecule has 7 nitrogen and oxygen atoms in total. The average molecular weight is 545 g/mol. The van der Waals surface area contributed by atoms with Gasteiger partial charge in [0.2, 0.25) is 15.0 Å². The first-order chi connectivity index (χ1) is 17.7. The van der Waals surface area contributed by atoms with Crippen LogP contribution in [0.5, 0.6) is 0 Å². The fourth-order valence-electron chi connectivity index (χ4n) is 4.37. The maximum atomic E-state index is 14.3. The molecule has 0 radical (unpaired) electrons. The lowest BCUT2D eigenvalue weighted by molar-refractivity contribution is 0.0891. The Morgan fingerprint density at radius 1 is 1.22 bits per heavy atom. The molecule has 10 heteroatoms. The molecule has 1 aliphatic rings. The van der Waals surface area contributed by atoms with Gasteiger partial charge in [-0.1, -0.05) is 48.5 Å². The van der Waals surface area contributed by atoms with Crippen molar-refractivity contribution in [3.63, 3.8) is 0 Å². The number of benzene rings is 2. The number of ether oxygens (including phenoxy) is 1. The molecule has 1 aliphatic heterocycles. The number of halogens is 1. The molecular formula is C27H33FN4O3S2. The standard InChI is InChI=1S/C27H33FN4O3S2/c1-20(2)30-26(36)31(18-24-12-8-14-35-24)17-23-15-29-27(32(23)16-21-9-4-3-5-10-21)37(33,34)19-22-11-6-7-13-25(22)28/h3-7,9-11,13,15,20,24H,8,12,14,16-19H2,1-2H3,(H,30,36)/t24-/m1/s1. The van der Waals surface area contributed by atoms with E-state index >= 15 is 0 Å². The van der Waals surface area contributed by atoms with Crippen LogP contribution < -0.4 is 5.32 Å². The second-order valence-corrected chi connectivity index (χ2v) is 11.8. The molecule has 0 spiro atoms.